The highest BCUT2D eigenvalue weighted by atomic mass is 31.2. The first kappa shape index (κ1) is 68.9. The van der Waals surface area contributed by atoms with Gasteiger partial charge in [0.05, 0.1) is 38.5 Å². The lowest BCUT2D eigenvalue weighted by Crippen LogP contribution is -2.31. The average Bonchev–Trinajstić information content (AvgIpc) is 1.53. The molecule has 116 heavy (non-hydrogen) atoms. The number of pyridine rings is 2. The molecule has 0 amide bonds. The maximum atomic E-state index is 16.0. The van der Waals surface area contributed by atoms with E-state index in [0.717, 1.165) is 115 Å². The van der Waals surface area contributed by atoms with E-state index in [9.17, 15) is 0 Å². The first-order chi connectivity index (χ1) is 57.0. The van der Waals surface area contributed by atoms with Crippen LogP contribution in [-0.4, -0.2) is 18.8 Å². The molecule has 4 heterocycles. The van der Waals surface area contributed by atoms with Gasteiger partial charge in [0.25, 0.3) is 0 Å². The molecule has 6 nitrogen and oxygen atoms in total. The van der Waals surface area contributed by atoms with Crippen molar-refractivity contribution in [2.45, 2.75) is 24.7 Å². The van der Waals surface area contributed by atoms with Crippen LogP contribution in [0.4, 0.5) is 0 Å². The van der Waals surface area contributed by atoms with Crippen molar-refractivity contribution in [3.05, 3.63) is 446 Å². The van der Waals surface area contributed by atoms with E-state index in [1.807, 2.05) is 121 Å². The third-order valence-electron chi connectivity index (χ3n) is 24.8. The van der Waals surface area contributed by atoms with Crippen LogP contribution >= 0.6 is 14.3 Å². The van der Waals surface area contributed by atoms with Crippen molar-refractivity contribution in [3.63, 3.8) is 0 Å². The smallest absolute Gasteiger partial charge is 0.171 e. The molecule has 0 saturated heterocycles. The standard InChI is InChI=1S/C62H41N2OP.C46H33N2OP/c65-66(48-21-9-3-10-22-48,49-23-11-4-12-24-49)50-35-37-53-52-36-33-45(40-56(52)62(57(53)41-50,46-17-5-1-6-18-46)47-19-7-2-8-20-47)43-31-29-42(30-32-43)44-34-38-59-55(39-44)51-25-13-14-26-54(51)61-63-58-27-15-16-28-60(58)64(59)61;1-46(2)40-28-31(30-22-26-43-39(27-30)35-17-9-10-18-38(35)45-47-42-19-11-12-20-44(42)48(43)45)21-24-36(40)37-25-23-34(29-41(37)46)50(49,32-13-5-3-6-14-32)33-15-7-4-8-16-33/h1-41H;3-29H,1-2H3. The molecule has 2 aliphatic rings. The Hall–Kier alpha value is -13.9. The van der Waals surface area contributed by atoms with Crippen molar-refractivity contribution in [1.29, 1.82) is 0 Å². The number of rotatable bonds is 11. The van der Waals surface area contributed by atoms with E-state index in [0.29, 0.717) is 0 Å². The van der Waals surface area contributed by atoms with E-state index >= 15 is 9.13 Å². The lowest BCUT2D eigenvalue weighted by Gasteiger charge is -2.34. The molecule has 0 saturated carbocycles. The molecular weight excluding hydrogens is 1450 g/mol. The Morgan fingerprint density at radius 2 is 0.526 bits per heavy atom. The number of benzene rings is 17. The fraction of sp³-hybridized carbons (Fsp3) is 0.0370. The number of hydrogen-bond acceptors (Lipinski definition) is 4. The highest BCUT2D eigenvalue weighted by molar-refractivity contribution is 7.85. The number of hydrogen-bond donors (Lipinski definition) is 0. The third kappa shape index (κ3) is 10.5. The first-order valence-corrected chi connectivity index (χ1v) is 43.1. The van der Waals surface area contributed by atoms with Gasteiger partial charge in [-0.2, -0.15) is 0 Å². The van der Waals surface area contributed by atoms with Crippen LogP contribution in [-0.2, 0) is 20.0 Å². The monoisotopic (exact) mass is 1520 g/mol. The number of para-hydroxylation sites is 4. The lowest BCUT2D eigenvalue weighted by atomic mass is 9.67. The maximum absolute atomic E-state index is 16.0. The van der Waals surface area contributed by atoms with E-state index in [4.69, 9.17) is 9.97 Å². The molecule has 0 unspecified atom stereocenters. The molecular formula is C108H74N4O2P2. The Labute approximate surface area is 672 Å². The van der Waals surface area contributed by atoms with Crippen LogP contribution < -0.4 is 31.8 Å². The van der Waals surface area contributed by atoms with Crippen molar-refractivity contribution in [1.82, 2.24) is 18.8 Å². The molecule has 548 valence electrons. The molecule has 2 aliphatic carbocycles. The molecule has 21 aromatic rings. The Balaban J connectivity index is 0.000000146. The van der Waals surface area contributed by atoms with Crippen molar-refractivity contribution < 1.29 is 9.13 Å². The summed E-state index contributed by atoms with van der Waals surface area (Å²) >= 11 is 0. The van der Waals surface area contributed by atoms with E-state index < -0.39 is 19.7 Å². The predicted molar refractivity (Wildman–Crippen MR) is 485 cm³/mol. The van der Waals surface area contributed by atoms with Crippen LogP contribution in [0, 0.1) is 0 Å². The van der Waals surface area contributed by atoms with Gasteiger partial charge in [-0.3, -0.25) is 8.80 Å². The largest absolute Gasteiger partial charge is 0.309 e. The van der Waals surface area contributed by atoms with Crippen molar-refractivity contribution in [2.75, 3.05) is 0 Å². The normalized spacial score (nSPS) is 13.3. The second-order valence-electron chi connectivity index (χ2n) is 31.3. The zero-order valence-corrected chi connectivity index (χ0v) is 65.5. The van der Waals surface area contributed by atoms with Gasteiger partial charge in [-0.25, -0.2) is 9.97 Å². The van der Waals surface area contributed by atoms with E-state index in [1.165, 1.54) is 82.7 Å². The fourth-order valence-electron chi connectivity index (χ4n) is 19.2. The molecule has 0 bridgehead atoms. The van der Waals surface area contributed by atoms with Crippen LogP contribution in [0.1, 0.15) is 47.2 Å². The lowest BCUT2D eigenvalue weighted by molar-refractivity contribution is 0.591. The molecule has 23 rings (SSSR count). The quantitative estimate of drug-likeness (QED) is 0.0956. The third-order valence-corrected chi connectivity index (χ3v) is 30.9. The highest BCUT2D eigenvalue weighted by Gasteiger charge is 2.48. The molecule has 0 radical (unpaired) electrons. The van der Waals surface area contributed by atoms with Crippen LogP contribution in [0.2, 0.25) is 0 Å². The van der Waals surface area contributed by atoms with Gasteiger partial charge in [-0.15, -0.1) is 0 Å². The molecule has 0 atom stereocenters. The number of nitrogens with zero attached hydrogens (tertiary/aromatic N) is 4. The van der Waals surface area contributed by atoms with Gasteiger partial charge in [-0.05, 0) is 173 Å². The average molecular weight is 1520 g/mol. The van der Waals surface area contributed by atoms with Crippen molar-refractivity contribution in [2.24, 2.45) is 0 Å². The van der Waals surface area contributed by atoms with Crippen molar-refractivity contribution >= 4 is 123 Å². The zero-order valence-electron chi connectivity index (χ0n) is 63.8. The van der Waals surface area contributed by atoms with Crippen LogP contribution in [0.25, 0.3) is 132 Å². The minimum Gasteiger partial charge on any atom is -0.309 e. The van der Waals surface area contributed by atoms with Gasteiger partial charge < -0.3 is 9.13 Å². The van der Waals surface area contributed by atoms with Crippen LogP contribution in [0.3, 0.4) is 0 Å². The number of aromatic nitrogens is 4. The summed E-state index contributed by atoms with van der Waals surface area (Å²) in [7, 11) is -6.38. The Kier molecular flexibility index (Phi) is 16.0. The van der Waals surface area contributed by atoms with Gasteiger partial charge in [0.2, 0.25) is 0 Å². The second-order valence-corrected chi connectivity index (χ2v) is 36.8. The van der Waals surface area contributed by atoms with E-state index in [-0.39, 0.29) is 5.41 Å². The molecule has 0 spiro atoms. The molecule has 8 heteroatoms. The van der Waals surface area contributed by atoms with Gasteiger partial charge in [0, 0.05) is 58.8 Å². The summed E-state index contributed by atoms with van der Waals surface area (Å²) in [6, 6.07) is 145. The van der Waals surface area contributed by atoms with E-state index in [2.05, 4.69) is 314 Å². The van der Waals surface area contributed by atoms with Crippen molar-refractivity contribution in [3.8, 4) is 55.6 Å². The molecule has 0 fully saturated rings. The van der Waals surface area contributed by atoms with Gasteiger partial charge in [0.15, 0.2) is 14.3 Å². The minimum atomic E-state index is -3.28. The summed E-state index contributed by atoms with van der Waals surface area (Å²) in [5.41, 5.74) is 26.5. The second kappa shape index (κ2) is 26.9. The fourth-order valence-corrected chi connectivity index (χ4v) is 24.6. The van der Waals surface area contributed by atoms with Gasteiger partial charge in [-0.1, -0.05) is 354 Å². The molecule has 17 aromatic carbocycles. The maximum Gasteiger partial charge on any atom is 0.171 e. The highest BCUT2D eigenvalue weighted by Crippen LogP contribution is 2.59. The SMILES string of the molecule is CC1(C)c2cc(-c3ccc4c(c3)c3ccccc3c3nc5ccccc5n43)ccc2-c2ccc(P(=O)(c3ccccc3)c3ccccc3)cc21.O=P(c1ccccc1)(c1ccccc1)c1ccc2c(c1)C(c1ccccc1)(c1ccccc1)c1cc(-c3ccc(-c4ccc5c(c4)c4ccccc4c4nc6ccccc6n54)cc3)ccc1-2. The summed E-state index contributed by atoms with van der Waals surface area (Å²) in [4.78, 5) is 10.1. The number of imidazole rings is 2. The summed E-state index contributed by atoms with van der Waals surface area (Å²) in [6.45, 7) is 4.60. The zero-order chi connectivity index (χ0) is 77.4. The van der Waals surface area contributed by atoms with Crippen LogP contribution in [0.15, 0.2) is 413 Å². The van der Waals surface area contributed by atoms with E-state index in [1.54, 1.807) is 0 Å². The minimum absolute atomic E-state index is 0.277. The number of fused-ring (bicyclic) bond motifs is 22. The predicted octanol–water partition coefficient (Wildman–Crippen LogP) is 24.5. The summed E-state index contributed by atoms with van der Waals surface area (Å²) in [6.07, 6.45) is 0. The summed E-state index contributed by atoms with van der Waals surface area (Å²) in [5.74, 6) is 0. The van der Waals surface area contributed by atoms with Gasteiger partial charge in [0.1, 0.15) is 11.3 Å². The molecule has 0 N–H and O–H groups in total. The summed E-state index contributed by atoms with van der Waals surface area (Å²) in [5, 5.41) is 12.1. The van der Waals surface area contributed by atoms with Gasteiger partial charge >= 0.3 is 0 Å². The Morgan fingerprint density at radius 3 is 0.957 bits per heavy atom. The topological polar surface area (TPSA) is 68.7 Å². The molecule has 0 aliphatic heterocycles. The summed E-state index contributed by atoms with van der Waals surface area (Å²) < 4.78 is 35.8. The molecule has 4 aromatic heterocycles. The first-order valence-electron chi connectivity index (χ1n) is 39.7. The van der Waals surface area contributed by atoms with Crippen LogP contribution in [0.5, 0.6) is 0 Å². The Morgan fingerprint density at radius 1 is 0.233 bits per heavy atom. The Bertz CT molecular complexity index is 7530.